The van der Waals surface area contributed by atoms with Crippen LogP contribution >= 0.6 is 0 Å². The predicted octanol–water partition coefficient (Wildman–Crippen LogP) is 2.71. The normalized spacial score (nSPS) is 11.0. The standard InChI is InChI=1S/C17H14F2N2O4S/c18-17(19)25-15-7-5-14(6-8-15)21-16(22)11-26(23,24)10-13-3-1-12(9-20)2-4-13/h1-8,17H,10-11H2,(H,21,22). The summed E-state index contributed by atoms with van der Waals surface area (Å²) in [7, 11) is -3.72. The molecule has 1 amide bonds. The molecule has 9 heteroatoms. The number of nitrogens with one attached hydrogen (secondary N) is 1. The van der Waals surface area contributed by atoms with Gasteiger partial charge in [0.15, 0.2) is 9.84 Å². The Labute approximate surface area is 148 Å². The van der Waals surface area contributed by atoms with E-state index in [1.165, 1.54) is 48.5 Å². The van der Waals surface area contributed by atoms with Crippen molar-refractivity contribution < 1.29 is 26.7 Å². The zero-order valence-electron chi connectivity index (χ0n) is 13.4. The summed E-state index contributed by atoms with van der Waals surface area (Å²) in [6.07, 6.45) is 0. The third kappa shape index (κ3) is 6.14. The van der Waals surface area contributed by atoms with E-state index in [1.54, 1.807) is 0 Å². The summed E-state index contributed by atoms with van der Waals surface area (Å²) in [4.78, 5) is 11.9. The number of carbonyl (C=O) groups excluding carboxylic acids is 1. The number of alkyl halides is 2. The lowest BCUT2D eigenvalue weighted by Gasteiger charge is -2.08. The van der Waals surface area contributed by atoms with Gasteiger partial charge < -0.3 is 10.1 Å². The number of anilines is 1. The van der Waals surface area contributed by atoms with Gasteiger partial charge in [0.2, 0.25) is 5.91 Å². The molecule has 0 bridgehead atoms. The molecule has 2 aromatic carbocycles. The van der Waals surface area contributed by atoms with E-state index in [9.17, 15) is 22.0 Å². The summed E-state index contributed by atoms with van der Waals surface area (Å²) in [5.41, 5.74) is 1.12. The average Bonchev–Trinajstić information content (AvgIpc) is 2.56. The minimum atomic E-state index is -3.72. The Morgan fingerprint density at radius 1 is 1.12 bits per heavy atom. The van der Waals surface area contributed by atoms with Crippen LogP contribution in [0.15, 0.2) is 48.5 Å². The quantitative estimate of drug-likeness (QED) is 0.797. The van der Waals surface area contributed by atoms with E-state index in [1.807, 2.05) is 6.07 Å². The Kier molecular flexibility index (Phi) is 6.25. The molecule has 0 unspecified atom stereocenters. The lowest BCUT2D eigenvalue weighted by atomic mass is 10.2. The maximum absolute atomic E-state index is 12.1. The lowest BCUT2D eigenvalue weighted by molar-refractivity contribution is -0.113. The number of hydrogen-bond acceptors (Lipinski definition) is 5. The Hall–Kier alpha value is -2.99. The maximum Gasteiger partial charge on any atom is 0.387 e. The molecule has 0 heterocycles. The van der Waals surface area contributed by atoms with Gasteiger partial charge in [-0.05, 0) is 42.0 Å². The molecule has 1 N–H and O–H groups in total. The van der Waals surface area contributed by atoms with Crippen molar-refractivity contribution >= 4 is 21.4 Å². The molecule has 6 nitrogen and oxygen atoms in total. The van der Waals surface area contributed by atoms with Crippen LogP contribution in [-0.4, -0.2) is 26.7 Å². The van der Waals surface area contributed by atoms with Crippen LogP contribution < -0.4 is 10.1 Å². The van der Waals surface area contributed by atoms with Gasteiger partial charge in [-0.25, -0.2) is 8.42 Å². The van der Waals surface area contributed by atoms with Gasteiger partial charge in [0.05, 0.1) is 17.4 Å². The van der Waals surface area contributed by atoms with Crippen molar-refractivity contribution in [3.63, 3.8) is 0 Å². The van der Waals surface area contributed by atoms with Gasteiger partial charge in [-0.15, -0.1) is 0 Å². The van der Waals surface area contributed by atoms with Gasteiger partial charge in [-0.1, -0.05) is 12.1 Å². The highest BCUT2D eigenvalue weighted by atomic mass is 32.2. The third-order valence-electron chi connectivity index (χ3n) is 3.18. The number of hydrogen-bond donors (Lipinski definition) is 1. The second-order valence-electron chi connectivity index (χ2n) is 5.29. The van der Waals surface area contributed by atoms with Crippen molar-refractivity contribution in [2.24, 2.45) is 0 Å². The van der Waals surface area contributed by atoms with Crippen molar-refractivity contribution in [1.82, 2.24) is 0 Å². The number of ether oxygens (including phenoxy) is 1. The van der Waals surface area contributed by atoms with Crippen molar-refractivity contribution in [3.05, 3.63) is 59.7 Å². The molecule has 2 rings (SSSR count). The largest absolute Gasteiger partial charge is 0.435 e. The van der Waals surface area contributed by atoms with Crippen LogP contribution in [0.25, 0.3) is 0 Å². The monoisotopic (exact) mass is 380 g/mol. The summed E-state index contributed by atoms with van der Waals surface area (Å²) in [6, 6.07) is 13.0. The molecular formula is C17H14F2N2O4S. The number of amides is 1. The zero-order valence-corrected chi connectivity index (χ0v) is 14.2. The molecule has 0 aliphatic rings. The second-order valence-corrected chi connectivity index (χ2v) is 7.36. The Balaban J connectivity index is 1.94. The zero-order chi connectivity index (χ0) is 19.2. The van der Waals surface area contributed by atoms with Gasteiger partial charge in [0.1, 0.15) is 11.5 Å². The van der Waals surface area contributed by atoms with E-state index in [4.69, 9.17) is 5.26 Å². The number of benzene rings is 2. The molecule has 0 fully saturated rings. The smallest absolute Gasteiger partial charge is 0.387 e. The third-order valence-corrected chi connectivity index (χ3v) is 4.66. The van der Waals surface area contributed by atoms with Gasteiger partial charge in [0.25, 0.3) is 0 Å². The predicted molar refractivity (Wildman–Crippen MR) is 90.4 cm³/mol. The summed E-state index contributed by atoms with van der Waals surface area (Å²) in [5.74, 6) is -1.90. The van der Waals surface area contributed by atoms with Crippen LogP contribution in [0.4, 0.5) is 14.5 Å². The topological polar surface area (TPSA) is 96.3 Å². The van der Waals surface area contributed by atoms with Crippen LogP contribution in [0.5, 0.6) is 5.75 Å². The first-order valence-corrected chi connectivity index (χ1v) is 9.14. The lowest BCUT2D eigenvalue weighted by Crippen LogP contribution is -2.23. The molecule has 0 radical (unpaired) electrons. The number of sulfone groups is 1. The van der Waals surface area contributed by atoms with E-state index in [0.29, 0.717) is 11.1 Å². The van der Waals surface area contributed by atoms with Crippen LogP contribution in [-0.2, 0) is 20.4 Å². The van der Waals surface area contributed by atoms with E-state index in [2.05, 4.69) is 10.1 Å². The minimum Gasteiger partial charge on any atom is -0.435 e. The molecule has 0 saturated heterocycles. The van der Waals surface area contributed by atoms with Gasteiger partial charge >= 0.3 is 6.61 Å². The molecule has 0 aromatic heterocycles. The molecule has 0 saturated carbocycles. The van der Waals surface area contributed by atoms with Crippen LogP contribution in [0.1, 0.15) is 11.1 Å². The van der Waals surface area contributed by atoms with Crippen LogP contribution in [0.2, 0.25) is 0 Å². The van der Waals surface area contributed by atoms with Crippen molar-refractivity contribution in [2.75, 3.05) is 11.1 Å². The molecule has 26 heavy (non-hydrogen) atoms. The molecule has 0 aliphatic heterocycles. The number of carbonyl (C=O) groups is 1. The summed E-state index contributed by atoms with van der Waals surface area (Å²) in [6.45, 7) is -2.96. The molecule has 0 atom stereocenters. The SMILES string of the molecule is N#Cc1ccc(CS(=O)(=O)CC(=O)Nc2ccc(OC(F)F)cc2)cc1. The van der Waals surface area contributed by atoms with Gasteiger partial charge in [-0.2, -0.15) is 14.0 Å². The number of nitriles is 1. The fourth-order valence-electron chi connectivity index (χ4n) is 2.10. The Morgan fingerprint density at radius 2 is 1.73 bits per heavy atom. The first-order chi connectivity index (χ1) is 12.3. The molecule has 0 spiro atoms. The first-order valence-electron chi connectivity index (χ1n) is 7.31. The van der Waals surface area contributed by atoms with Crippen molar-refractivity contribution in [1.29, 1.82) is 5.26 Å². The molecule has 136 valence electrons. The van der Waals surface area contributed by atoms with Crippen molar-refractivity contribution in [3.8, 4) is 11.8 Å². The number of nitrogens with zero attached hydrogens (tertiary/aromatic N) is 1. The fraction of sp³-hybridized carbons (Fsp3) is 0.176. The van der Waals surface area contributed by atoms with E-state index in [-0.39, 0.29) is 17.2 Å². The summed E-state index contributed by atoms with van der Waals surface area (Å²) in [5, 5.41) is 11.1. The number of halogens is 2. The fourth-order valence-corrected chi connectivity index (χ4v) is 3.37. The highest BCUT2D eigenvalue weighted by molar-refractivity contribution is 7.91. The Bertz CT molecular complexity index is 905. The van der Waals surface area contributed by atoms with Crippen LogP contribution in [0, 0.1) is 11.3 Å². The second kappa shape index (κ2) is 8.40. The highest BCUT2D eigenvalue weighted by Gasteiger charge is 2.18. The molecule has 0 aliphatic carbocycles. The summed E-state index contributed by atoms with van der Waals surface area (Å²) < 4.78 is 52.5. The highest BCUT2D eigenvalue weighted by Crippen LogP contribution is 2.18. The maximum atomic E-state index is 12.1. The first kappa shape index (κ1) is 19.3. The number of rotatable bonds is 7. The Morgan fingerprint density at radius 3 is 2.27 bits per heavy atom. The van der Waals surface area contributed by atoms with Gasteiger partial charge in [-0.3, -0.25) is 4.79 Å². The van der Waals surface area contributed by atoms with Gasteiger partial charge in [0, 0.05) is 5.69 Å². The molecule has 2 aromatic rings. The molecular weight excluding hydrogens is 366 g/mol. The van der Waals surface area contributed by atoms with E-state index >= 15 is 0 Å². The summed E-state index contributed by atoms with van der Waals surface area (Å²) >= 11 is 0. The average molecular weight is 380 g/mol. The van der Waals surface area contributed by atoms with E-state index < -0.39 is 28.1 Å². The van der Waals surface area contributed by atoms with Crippen molar-refractivity contribution in [2.45, 2.75) is 12.4 Å². The minimum absolute atomic E-state index is 0.0774. The van der Waals surface area contributed by atoms with Crippen LogP contribution in [0.3, 0.4) is 0 Å². The van der Waals surface area contributed by atoms with E-state index in [0.717, 1.165) is 0 Å².